The molecular weight excluding hydrogens is 564 g/mol. The van der Waals surface area contributed by atoms with Gasteiger partial charge in [0.25, 0.3) is 0 Å². The number of aromatic nitrogens is 3. The van der Waals surface area contributed by atoms with Gasteiger partial charge < -0.3 is 24.4 Å². The fourth-order valence-corrected chi connectivity index (χ4v) is 5.02. The minimum Gasteiger partial charge on any atom is -0.451 e. The summed E-state index contributed by atoms with van der Waals surface area (Å²) < 4.78 is 99.5. The SMILES string of the molecule is O=C(O[C@@H]1[C@@H](n2cc(-c3cc(F)c(F)c(F)c3)nn2)[C@@H](O)[C@@H](CO)O[C@@]12CCCCO2)c1cccc(C(F)(F)F)c1. The zero-order valence-electron chi connectivity index (χ0n) is 21.0. The number of hydrogen-bond donors (Lipinski definition) is 2. The predicted molar refractivity (Wildman–Crippen MR) is 126 cm³/mol. The fraction of sp³-hybridized carbons (Fsp3) is 0.423. The summed E-state index contributed by atoms with van der Waals surface area (Å²) in [5, 5.41) is 28.9. The van der Waals surface area contributed by atoms with Crippen molar-refractivity contribution in [3.05, 3.63) is 71.2 Å². The number of nitrogens with zero attached hydrogens (tertiary/aromatic N) is 3. The molecule has 0 amide bonds. The van der Waals surface area contributed by atoms with E-state index in [2.05, 4.69) is 10.3 Å². The smallest absolute Gasteiger partial charge is 0.416 e. The van der Waals surface area contributed by atoms with Gasteiger partial charge in [-0.15, -0.1) is 5.10 Å². The van der Waals surface area contributed by atoms with E-state index in [1.807, 2.05) is 0 Å². The molecule has 2 aliphatic heterocycles. The van der Waals surface area contributed by atoms with Gasteiger partial charge in [0.15, 0.2) is 23.6 Å². The van der Waals surface area contributed by atoms with E-state index in [4.69, 9.17) is 14.2 Å². The monoisotopic (exact) mass is 587 g/mol. The van der Waals surface area contributed by atoms with Crippen molar-refractivity contribution >= 4 is 5.97 Å². The second-order valence-electron chi connectivity index (χ2n) is 9.68. The van der Waals surface area contributed by atoms with Crippen LogP contribution in [0.2, 0.25) is 0 Å². The minimum absolute atomic E-state index is 0.114. The highest BCUT2D eigenvalue weighted by Crippen LogP contribution is 2.44. The Kier molecular flexibility index (Phi) is 7.80. The number of alkyl halides is 3. The first-order valence-corrected chi connectivity index (χ1v) is 12.5. The summed E-state index contributed by atoms with van der Waals surface area (Å²) in [5.74, 6) is -7.59. The zero-order chi connectivity index (χ0) is 29.5. The molecular formula is C26H23F6N3O6. The van der Waals surface area contributed by atoms with Gasteiger partial charge in [-0.1, -0.05) is 11.3 Å². The van der Waals surface area contributed by atoms with Crippen LogP contribution in [0, 0.1) is 17.5 Å². The first-order chi connectivity index (χ1) is 19.4. The van der Waals surface area contributed by atoms with Crippen LogP contribution in [0.3, 0.4) is 0 Å². The Labute approximate surface area is 228 Å². The molecule has 3 heterocycles. The number of rotatable bonds is 5. The van der Waals surface area contributed by atoms with Gasteiger partial charge in [0.1, 0.15) is 23.9 Å². The van der Waals surface area contributed by atoms with E-state index in [9.17, 15) is 41.4 Å². The van der Waals surface area contributed by atoms with E-state index in [-0.39, 0.29) is 24.3 Å². The van der Waals surface area contributed by atoms with E-state index >= 15 is 0 Å². The van der Waals surface area contributed by atoms with Gasteiger partial charge in [-0.25, -0.2) is 22.6 Å². The molecule has 3 aromatic rings. The van der Waals surface area contributed by atoms with Crippen LogP contribution in [0.4, 0.5) is 26.3 Å². The molecule has 2 saturated heterocycles. The number of halogens is 6. The summed E-state index contributed by atoms with van der Waals surface area (Å²) >= 11 is 0. The molecule has 1 spiro atoms. The highest BCUT2D eigenvalue weighted by molar-refractivity contribution is 5.89. The molecule has 15 heteroatoms. The lowest BCUT2D eigenvalue weighted by Crippen LogP contribution is -2.65. The molecule has 5 atom stereocenters. The summed E-state index contributed by atoms with van der Waals surface area (Å²) in [6.45, 7) is -0.567. The Morgan fingerprint density at radius 3 is 2.51 bits per heavy atom. The van der Waals surface area contributed by atoms with Crippen molar-refractivity contribution < 1.29 is 55.6 Å². The lowest BCUT2D eigenvalue weighted by molar-refractivity contribution is -0.363. The lowest BCUT2D eigenvalue weighted by atomic mass is 9.86. The average Bonchev–Trinajstić information content (AvgIpc) is 3.43. The van der Waals surface area contributed by atoms with E-state index in [1.54, 1.807) is 0 Å². The number of esters is 1. The Morgan fingerprint density at radius 1 is 1.15 bits per heavy atom. The van der Waals surface area contributed by atoms with Gasteiger partial charge in [-0.2, -0.15) is 13.2 Å². The third-order valence-corrected chi connectivity index (χ3v) is 7.03. The molecule has 9 nitrogen and oxygen atoms in total. The van der Waals surface area contributed by atoms with Crippen LogP contribution in [-0.4, -0.2) is 68.5 Å². The Bertz CT molecular complexity index is 1400. The molecule has 0 bridgehead atoms. The number of benzene rings is 2. The summed E-state index contributed by atoms with van der Waals surface area (Å²) in [7, 11) is 0. The molecule has 0 aliphatic carbocycles. The van der Waals surface area contributed by atoms with Gasteiger partial charge in [0.05, 0.1) is 30.5 Å². The second kappa shape index (κ2) is 11.0. The van der Waals surface area contributed by atoms with Gasteiger partial charge in [-0.3, -0.25) is 0 Å². The third kappa shape index (κ3) is 5.54. The number of carbonyl (C=O) groups is 1. The van der Waals surface area contributed by atoms with Crippen molar-refractivity contribution in [3.63, 3.8) is 0 Å². The summed E-state index contributed by atoms with van der Waals surface area (Å²) in [4.78, 5) is 13.2. The van der Waals surface area contributed by atoms with Crippen LogP contribution < -0.4 is 0 Å². The predicted octanol–water partition coefficient (Wildman–Crippen LogP) is 3.80. The number of carbonyl (C=O) groups excluding carboxylic acids is 1. The van der Waals surface area contributed by atoms with Crippen LogP contribution in [0.15, 0.2) is 42.6 Å². The van der Waals surface area contributed by atoms with Crippen molar-refractivity contribution in [2.75, 3.05) is 13.2 Å². The topological polar surface area (TPSA) is 116 Å². The minimum atomic E-state index is -4.73. The maximum Gasteiger partial charge on any atom is 0.416 e. The molecule has 2 aliphatic rings. The van der Waals surface area contributed by atoms with E-state index in [1.165, 1.54) is 0 Å². The first-order valence-electron chi connectivity index (χ1n) is 12.5. The van der Waals surface area contributed by atoms with Crippen LogP contribution in [-0.2, 0) is 20.4 Å². The van der Waals surface area contributed by atoms with Crippen LogP contribution >= 0.6 is 0 Å². The number of aliphatic hydroxyl groups is 2. The van der Waals surface area contributed by atoms with E-state index in [0.717, 1.165) is 29.1 Å². The normalized spacial score (nSPS) is 26.7. The molecule has 41 heavy (non-hydrogen) atoms. The van der Waals surface area contributed by atoms with Gasteiger partial charge >= 0.3 is 12.1 Å². The summed E-state index contributed by atoms with van der Waals surface area (Å²) in [6.07, 6.45) is -6.83. The van der Waals surface area contributed by atoms with Crippen LogP contribution in [0.5, 0.6) is 0 Å². The molecule has 0 saturated carbocycles. The van der Waals surface area contributed by atoms with Gasteiger partial charge in [0, 0.05) is 12.0 Å². The Morgan fingerprint density at radius 2 is 1.88 bits per heavy atom. The lowest BCUT2D eigenvalue weighted by Gasteiger charge is -2.51. The standard InChI is InChI=1S/C26H23F6N3O6/c27-16-9-14(10-17(28)20(16)29)18-11-35(34-33-18)21-22(37)19(12-36)41-25(6-1-2-7-39-25)23(21)40-24(38)13-4-3-5-15(8-13)26(30,31)32/h3-5,8-11,19,21-23,36-37H,1-2,6-7,12H2/t19-,21+,22+,23-,25+/m1/s1. The maximum absolute atomic E-state index is 13.9. The molecule has 0 unspecified atom stereocenters. The number of hydrogen-bond acceptors (Lipinski definition) is 8. The van der Waals surface area contributed by atoms with Crippen molar-refractivity contribution in [3.8, 4) is 11.3 Å². The average molecular weight is 587 g/mol. The van der Waals surface area contributed by atoms with Crippen LogP contribution in [0.25, 0.3) is 11.3 Å². The second-order valence-corrected chi connectivity index (χ2v) is 9.68. The molecule has 2 fully saturated rings. The van der Waals surface area contributed by atoms with Crippen molar-refractivity contribution in [2.45, 2.75) is 55.6 Å². The summed E-state index contributed by atoms with van der Waals surface area (Å²) in [6, 6.07) is 3.49. The highest BCUT2D eigenvalue weighted by atomic mass is 19.4. The zero-order valence-corrected chi connectivity index (χ0v) is 21.0. The van der Waals surface area contributed by atoms with Crippen LogP contribution in [0.1, 0.15) is 41.2 Å². The fourth-order valence-electron chi connectivity index (χ4n) is 5.02. The maximum atomic E-state index is 13.9. The molecule has 0 radical (unpaired) electrons. The van der Waals surface area contributed by atoms with Crippen molar-refractivity contribution in [2.24, 2.45) is 0 Å². The van der Waals surface area contributed by atoms with Gasteiger partial charge in [0.2, 0.25) is 5.79 Å². The Hall–Kier alpha value is -3.53. The van der Waals surface area contributed by atoms with E-state index in [0.29, 0.717) is 31.0 Å². The largest absolute Gasteiger partial charge is 0.451 e. The first kappa shape index (κ1) is 29.0. The van der Waals surface area contributed by atoms with Crippen molar-refractivity contribution in [1.82, 2.24) is 15.0 Å². The molecule has 220 valence electrons. The molecule has 1 aromatic heterocycles. The number of aliphatic hydroxyl groups excluding tert-OH is 2. The third-order valence-electron chi connectivity index (χ3n) is 7.03. The van der Waals surface area contributed by atoms with Gasteiger partial charge in [-0.05, 0) is 43.2 Å². The quantitative estimate of drug-likeness (QED) is 0.263. The molecule has 2 aromatic carbocycles. The number of ether oxygens (including phenoxy) is 3. The van der Waals surface area contributed by atoms with E-state index < -0.39 is 77.5 Å². The Balaban J connectivity index is 1.56. The highest BCUT2D eigenvalue weighted by Gasteiger charge is 2.59. The molecule has 5 rings (SSSR count). The molecule has 2 N–H and O–H groups in total. The summed E-state index contributed by atoms with van der Waals surface area (Å²) in [5.41, 5.74) is -1.88. The van der Waals surface area contributed by atoms with Crippen molar-refractivity contribution in [1.29, 1.82) is 0 Å².